The fourth-order valence-electron chi connectivity index (χ4n) is 5.14. The van der Waals surface area contributed by atoms with E-state index in [-0.39, 0.29) is 25.0 Å². The van der Waals surface area contributed by atoms with Crippen molar-refractivity contribution in [1.82, 2.24) is 5.32 Å². The first-order valence-electron chi connectivity index (χ1n) is 13.8. The maximum atomic E-state index is 13.3. The number of nitrogens with one attached hydrogen (secondary N) is 1. The number of thioether (sulfide) groups is 1. The molecule has 2 atom stereocenters. The molecule has 2 aromatic rings. The summed E-state index contributed by atoms with van der Waals surface area (Å²) in [6, 6.07) is 12.5. The van der Waals surface area contributed by atoms with Crippen LogP contribution in [0.5, 0.6) is 0 Å². The number of carboxylic acids is 1. The molecule has 3 rings (SSSR count). The number of amides is 1. The van der Waals surface area contributed by atoms with Crippen molar-refractivity contribution < 1.29 is 43.0 Å². The van der Waals surface area contributed by atoms with E-state index in [9.17, 15) is 14.7 Å². The van der Waals surface area contributed by atoms with Gasteiger partial charge in [-0.25, -0.2) is 0 Å². The standard InChI is InChI=1S/C31H43NO5S.Li/c1-4-36-21-25(18-23-11-6-5-7-12-23)37-20-24-14-15-27(28(19-24)26-13-9-8-10-22(26)2)30(33)32-29(31(34)35)16-17-38-3;/h8-10,13-15,19,23,25,29H,4-7,11-12,16-18,20-21H2,1-3H3,(H,32,33)(H,34,35);/q;+1/p-1/t25?,29-;/m0./s1. The monoisotopic (exact) mass is 547 g/mol. The average molecular weight is 548 g/mol. The van der Waals surface area contributed by atoms with Crippen LogP contribution in [0.1, 0.15) is 73.4 Å². The van der Waals surface area contributed by atoms with Crippen LogP contribution in [0.3, 0.4) is 0 Å². The van der Waals surface area contributed by atoms with Crippen molar-refractivity contribution in [2.75, 3.05) is 25.2 Å². The minimum atomic E-state index is -1.27. The Balaban J connectivity index is 0.00000533. The molecular formula is C31H42LiNO5S. The summed E-state index contributed by atoms with van der Waals surface area (Å²) in [5.41, 5.74) is 4.12. The molecule has 1 fully saturated rings. The molecule has 1 unspecified atom stereocenters. The summed E-state index contributed by atoms with van der Waals surface area (Å²) < 4.78 is 12.1. The number of aryl methyl sites for hydroxylation is 1. The third-order valence-electron chi connectivity index (χ3n) is 7.28. The summed E-state index contributed by atoms with van der Waals surface area (Å²) in [6.45, 7) is 5.67. The second-order valence-electron chi connectivity index (χ2n) is 10.2. The second kappa shape index (κ2) is 17.8. The molecule has 1 aliphatic rings. The SMILES string of the molecule is CCOCC(CC1CCCCC1)OCc1ccc(C(=O)N[C@@H](CCSC)C(=O)[O-])c(-c2ccccc2C)c1.[Li+]. The summed E-state index contributed by atoms with van der Waals surface area (Å²) in [4.78, 5) is 24.9. The van der Waals surface area contributed by atoms with Crippen LogP contribution in [-0.2, 0) is 20.9 Å². The van der Waals surface area contributed by atoms with Gasteiger partial charge in [0, 0.05) is 12.2 Å². The maximum Gasteiger partial charge on any atom is 1.00 e. The van der Waals surface area contributed by atoms with Gasteiger partial charge in [0.1, 0.15) is 0 Å². The molecule has 0 heterocycles. The first kappa shape index (κ1) is 33.5. The first-order valence-corrected chi connectivity index (χ1v) is 15.2. The molecule has 1 N–H and O–H groups in total. The van der Waals surface area contributed by atoms with Crippen LogP contribution in [0.2, 0.25) is 0 Å². The van der Waals surface area contributed by atoms with Crippen LogP contribution in [-0.4, -0.2) is 49.2 Å². The molecule has 0 saturated heterocycles. The number of hydrogen-bond acceptors (Lipinski definition) is 6. The molecule has 0 aromatic heterocycles. The van der Waals surface area contributed by atoms with E-state index in [1.807, 2.05) is 56.5 Å². The normalized spacial score (nSPS) is 15.3. The Labute approximate surface area is 250 Å². The smallest absolute Gasteiger partial charge is 0.548 e. The topological polar surface area (TPSA) is 87.7 Å². The Bertz CT molecular complexity index is 1040. The number of rotatable bonds is 15. The van der Waals surface area contributed by atoms with Crippen molar-refractivity contribution in [3.63, 3.8) is 0 Å². The fraction of sp³-hybridized carbons (Fsp3) is 0.548. The zero-order valence-electron chi connectivity index (χ0n) is 24.0. The van der Waals surface area contributed by atoms with Crippen molar-refractivity contribution in [2.24, 2.45) is 5.92 Å². The van der Waals surface area contributed by atoms with Gasteiger partial charge in [-0.3, -0.25) is 4.79 Å². The van der Waals surface area contributed by atoms with Crippen LogP contribution in [0.4, 0.5) is 0 Å². The van der Waals surface area contributed by atoms with Gasteiger partial charge in [0.25, 0.3) is 5.91 Å². The zero-order chi connectivity index (χ0) is 27.3. The summed E-state index contributed by atoms with van der Waals surface area (Å²) in [6.07, 6.45) is 9.69. The zero-order valence-corrected chi connectivity index (χ0v) is 24.8. The molecule has 1 saturated carbocycles. The van der Waals surface area contributed by atoms with Gasteiger partial charge < -0.3 is 24.7 Å². The number of carbonyl (C=O) groups is 2. The van der Waals surface area contributed by atoms with E-state index in [2.05, 4.69) is 5.32 Å². The van der Waals surface area contributed by atoms with Crippen molar-refractivity contribution in [1.29, 1.82) is 0 Å². The van der Waals surface area contributed by atoms with E-state index in [1.54, 1.807) is 6.07 Å². The quantitative estimate of drug-likeness (QED) is 0.344. The molecule has 0 spiro atoms. The summed E-state index contributed by atoms with van der Waals surface area (Å²) >= 11 is 1.53. The molecule has 0 aliphatic heterocycles. The van der Waals surface area contributed by atoms with Crippen LogP contribution in [0.15, 0.2) is 42.5 Å². The van der Waals surface area contributed by atoms with Gasteiger partial charge in [0.15, 0.2) is 0 Å². The fourth-order valence-corrected chi connectivity index (χ4v) is 5.61. The molecule has 0 radical (unpaired) electrons. The molecule has 8 heteroatoms. The number of aliphatic carboxylic acids is 1. The minimum Gasteiger partial charge on any atom is -0.548 e. The van der Waals surface area contributed by atoms with E-state index in [1.165, 1.54) is 43.9 Å². The second-order valence-corrected chi connectivity index (χ2v) is 11.1. The Morgan fingerprint density at radius 3 is 2.51 bits per heavy atom. The van der Waals surface area contributed by atoms with E-state index in [0.29, 0.717) is 43.5 Å². The first-order chi connectivity index (χ1) is 18.4. The van der Waals surface area contributed by atoms with Crippen LogP contribution in [0, 0.1) is 12.8 Å². The van der Waals surface area contributed by atoms with Crippen LogP contribution < -0.4 is 29.3 Å². The number of carbonyl (C=O) groups excluding carboxylic acids is 2. The Morgan fingerprint density at radius 2 is 1.85 bits per heavy atom. The molecule has 1 amide bonds. The average Bonchev–Trinajstić information content (AvgIpc) is 2.93. The molecule has 39 heavy (non-hydrogen) atoms. The Kier molecular flexibility index (Phi) is 15.3. The Hall–Kier alpha value is -1.75. The summed E-state index contributed by atoms with van der Waals surface area (Å²) in [5, 5.41) is 14.3. The van der Waals surface area contributed by atoms with Gasteiger partial charge in [-0.2, -0.15) is 11.8 Å². The molecule has 208 valence electrons. The summed E-state index contributed by atoms with van der Waals surface area (Å²) in [7, 11) is 0. The predicted molar refractivity (Wildman–Crippen MR) is 152 cm³/mol. The third kappa shape index (κ3) is 10.6. The molecule has 0 bridgehead atoms. The number of benzene rings is 2. The molecule has 2 aromatic carbocycles. The van der Waals surface area contributed by atoms with Gasteiger partial charge in [-0.15, -0.1) is 0 Å². The van der Waals surface area contributed by atoms with Gasteiger partial charge in [-0.05, 0) is 79.0 Å². The van der Waals surface area contributed by atoms with Crippen LogP contribution in [0.25, 0.3) is 11.1 Å². The van der Waals surface area contributed by atoms with E-state index < -0.39 is 17.9 Å². The minimum absolute atomic E-state index is 0. The molecule has 1 aliphatic carbocycles. The molecule has 6 nitrogen and oxygen atoms in total. The predicted octanol–water partition coefficient (Wildman–Crippen LogP) is 2.16. The van der Waals surface area contributed by atoms with Crippen molar-refractivity contribution in [2.45, 2.75) is 77.5 Å². The van der Waals surface area contributed by atoms with E-state index >= 15 is 0 Å². The summed E-state index contributed by atoms with van der Waals surface area (Å²) in [5.74, 6) is -0.389. The molecular weight excluding hydrogens is 505 g/mol. The number of ether oxygens (including phenoxy) is 2. The van der Waals surface area contributed by atoms with E-state index in [0.717, 1.165) is 28.7 Å². The maximum absolute atomic E-state index is 13.3. The van der Waals surface area contributed by atoms with Crippen molar-refractivity contribution >= 4 is 23.6 Å². The van der Waals surface area contributed by atoms with E-state index in [4.69, 9.17) is 9.47 Å². The number of carboxylic acid groups (broad SMARTS) is 1. The van der Waals surface area contributed by atoms with Gasteiger partial charge in [0.2, 0.25) is 0 Å². The van der Waals surface area contributed by atoms with Gasteiger partial charge in [0.05, 0.1) is 31.3 Å². The largest absolute Gasteiger partial charge is 1.00 e. The van der Waals surface area contributed by atoms with Crippen molar-refractivity contribution in [3.8, 4) is 11.1 Å². The third-order valence-corrected chi connectivity index (χ3v) is 7.92. The van der Waals surface area contributed by atoms with Gasteiger partial charge >= 0.3 is 18.9 Å². The number of hydrogen-bond donors (Lipinski definition) is 1. The van der Waals surface area contributed by atoms with Crippen LogP contribution >= 0.6 is 11.8 Å². The Morgan fingerprint density at radius 1 is 1.10 bits per heavy atom. The van der Waals surface area contributed by atoms with Crippen molar-refractivity contribution in [3.05, 3.63) is 59.2 Å². The van der Waals surface area contributed by atoms with Gasteiger partial charge in [-0.1, -0.05) is 62.4 Å².